The predicted octanol–water partition coefficient (Wildman–Crippen LogP) is 2.40. The number of rotatable bonds is 4. The molecule has 1 aromatic carbocycles. The van der Waals surface area contributed by atoms with Crippen LogP contribution in [0.2, 0.25) is 0 Å². The fourth-order valence-electron chi connectivity index (χ4n) is 3.71. The highest BCUT2D eigenvalue weighted by atomic mass is 16.3. The lowest BCUT2D eigenvalue weighted by atomic mass is 10.1. The maximum absolute atomic E-state index is 12.9. The van der Waals surface area contributed by atoms with Crippen molar-refractivity contribution in [2.45, 2.75) is 39.0 Å². The van der Waals surface area contributed by atoms with Crippen LogP contribution in [0.1, 0.15) is 36.4 Å². The molecule has 0 aliphatic carbocycles. The van der Waals surface area contributed by atoms with Crippen LogP contribution in [0.15, 0.2) is 36.5 Å². The Morgan fingerprint density at radius 3 is 2.92 bits per heavy atom. The molecule has 2 aromatic heterocycles. The van der Waals surface area contributed by atoms with Gasteiger partial charge in [0, 0.05) is 30.7 Å². The van der Waals surface area contributed by atoms with Gasteiger partial charge in [0.05, 0.1) is 37.0 Å². The van der Waals surface area contributed by atoms with Gasteiger partial charge in [0.2, 0.25) is 5.91 Å². The first-order valence-corrected chi connectivity index (χ1v) is 9.12. The molecule has 0 fully saturated rings. The third-order valence-corrected chi connectivity index (χ3v) is 5.22. The summed E-state index contributed by atoms with van der Waals surface area (Å²) in [6.45, 7) is 3.81. The molecule has 0 radical (unpaired) electrons. The molecule has 6 nitrogen and oxygen atoms in total. The SMILES string of the molecule is CC[C@@H](O)c1cc2n(n1)CCN(C(=O)Cc1cn(C)c3ccccc13)C2. The number of aryl methyl sites for hydroxylation is 1. The van der Waals surface area contributed by atoms with Crippen LogP contribution in [0.5, 0.6) is 0 Å². The summed E-state index contributed by atoms with van der Waals surface area (Å²) in [6.07, 6.45) is 2.56. The molecule has 3 heterocycles. The number of para-hydroxylation sites is 1. The highest BCUT2D eigenvalue weighted by Crippen LogP contribution is 2.23. The van der Waals surface area contributed by atoms with Crippen LogP contribution < -0.4 is 0 Å². The molecule has 0 bridgehead atoms. The van der Waals surface area contributed by atoms with E-state index in [0.717, 1.165) is 22.2 Å². The standard InChI is InChI=1S/C20H24N4O2/c1-3-19(25)17-11-15-13-23(8-9-24(15)21-17)20(26)10-14-12-22(2)18-7-5-4-6-16(14)18/h4-7,11-12,19,25H,3,8-10,13H2,1-2H3/t19-/m1/s1. The van der Waals surface area contributed by atoms with Crippen molar-refractivity contribution >= 4 is 16.8 Å². The average Bonchev–Trinajstić information content (AvgIpc) is 3.22. The number of hydrogen-bond donors (Lipinski definition) is 1. The van der Waals surface area contributed by atoms with E-state index in [1.807, 2.05) is 47.9 Å². The van der Waals surface area contributed by atoms with Gasteiger partial charge in [-0.15, -0.1) is 0 Å². The first-order chi connectivity index (χ1) is 12.6. The number of carbonyl (C=O) groups excluding carboxylic acids is 1. The van der Waals surface area contributed by atoms with Gasteiger partial charge in [-0.25, -0.2) is 0 Å². The highest BCUT2D eigenvalue weighted by molar-refractivity contribution is 5.89. The zero-order chi connectivity index (χ0) is 18.3. The second kappa shape index (κ2) is 6.61. The van der Waals surface area contributed by atoms with Gasteiger partial charge in [-0.1, -0.05) is 25.1 Å². The van der Waals surface area contributed by atoms with Gasteiger partial charge >= 0.3 is 0 Å². The van der Waals surface area contributed by atoms with E-state index in [4.69, 9.17) is 0 Å². The summed E-state index contributed by atoms with van der Waals surface area (Å²) in [7, 11) is 2.01. The number of aromatic nitrogens is 3. The number of amides is 1. The van der Waals surface area contributed by atoms with E-state index in [9.17, 15) is 9.90 Å². The fraction of sp³-hybridized carbons (Fsp3) is 0.400. The van der Waals surface area contributed by atoms with Crippen molar-refractivity contribution in [3.8, 4) is 0 Å². The summed E-state index contributed by atoms with van der Waals surface area (Å²) in [6, 6.07) is 10.1. The van der Waals surface area contributed by atoms with E-state index in [0.29, 0.717) is 38.2 Å². The summed E-state index contributed by atoms with van der Waals surface area (Å²) in [5.41, 5.74) is 3.90. The maximum Gasteiger partial charge on any atom is 0.227 e. The minimum absolute atomic E-state index is 0.131. The first-order valence-electron chi connectivity index (χ1n) is 9.12. The number of benzene rings is 1. The van der Waals surface area contributed by atoms with Crippen molar-refractivity contribution < 1.29 is 9.90 Å². The Labute approximate surface area is 152 Å². The quantitative estimate of drug-likeness (QED) is 0.784. The highest BCUT2D eigenvalue weighted by Gasteiger charge is 2.24. The van der Waals surface area contributed by atoms with Crippen molar-refractivity contribution in [3.63, 3.8) is 0 Å². The van der Waals surface area contributed by atoms with E-state index in [-0.39, 0.29) is 5.91 Å². The molecule has 4 rings (SSSR count). The Morgan fingerprint density at radius 2 is 2.12 bits per heavy atom. The zero-order valence-electron chi connectivity index (χ0n) is 15.2. The molecule has 1 N–H and O–H groups in total. The largest absolute Gasteiger partial charge is 0.387 e. The molecule has 26 heavy (non-hydrogen) atoms. The second-order valence-electron chi connectivity index (χ2n) is 6.98. The molecule has 0 saturated carbocycles. The van der Waals surface area contributed by atoms with E-state index in [2.05, 4.69) is 21.8 Å². The molecular weight excluding hydrogens is 328 g/mol. The van der Waals surface area contributed by atoms with Crippen LogP contribution in [0.3, 0.4) is 0 Å². The van der Waals surface area contributed by atoms with Gasteiger partial charge in [0.25, 0.3) is 0 Å². The third-order valence-electron chi connectivity index (χ3n) is 5.22. The van der Waals surface area contributed by atoms with Gasteiger partial charge in [-0.2, -0.15) is 5.10 Å². The van der Waals surface area contributed by atoms with E-state index < -0.39 is 6.10 Å². The predicted molar refractivity (Wildman–Crippen MR) is 99.5 cm³/mol. The number of carbonyl (C=O) groups is 1. The number of hydrogen-bond acceptors (Lipinski definition) is 3. The molecule has 1 amide bonds. The Kier molecular flexibility index (Phi) is 4.28. The number of aliphatic hydroxyl groups excluding tert-OH is 1. The van der Waals surface area contributed by atoms with Gasteiger partial charge in [0.15, 0.2) is 0 Å². The van der Waals surface area contributed by atoms with Crippen LogP contribution in [-0.4, -0.2) is 36.8 Å². The van der Waals surface area contributed by atoms with Crippen molar-refractivity contribution in [3.05, 3.63) is 53.5 Å². The van der Waals surface area contributed by atoms with Crippen molar-refractivity contribution in [2.24, 2.45) is 7.05 Å². The van der Waals surface area contributed by atoms with Gasteiger partial charge in [-0.3, -0.25) is 9.48 Å². The van der Waals surface area contributed by atoms with Crippen LogP contribution in [0, 0.1) is 0 Å². The molecule has 1 aliphatic heterocycles. The molecule has 0 spiro atoms. The molecule has 3 aromatic rings. The average molecular weight is 352 g/mol. The van der Waals surface area contributed by atoms with E-state index >= 15 is 0 Å². The lowest BCUT2D eigenvalue weighted by Crippen LogP contribution is -2.39. The van der Waals surface area contributed by atoms with Gasteiger partial charge in [0.1, 0.15) is 0 Å². The monoisotopic (exact) mass is 352 g/mol. The zero-order valence-corrected chi connectivity index (χ0v) is 15.2. The molecule has 1 aliphatic rings. The van der Waals surface area contributed by atoms with Crippen LogP contribution in [0.4, 0.5) is 0 Å². The number of nitrogens with zero attached hydrogens (tertiary/aromatic N) is 4. The summed E-state index contributed by atoms with van der Waals surface area (Å²) >= 11 is 0. The van der Waals surface area contributed by atoms with E-state index in [1.54, 1.807) is 0 Å². The molecule has 136 valence electrons. The molecule has 6 heteroatoms. The summed E-state index contributed by atoms with van der Waals surface area (Å²) in [5.74, 6) is 0.131. The molecule has 0 saturated heterocycles. The fourth-order valence-corrected chi connectivity index (χ4v) is 3.71. The minimum Gasteiger partial charge on any atom is -0.387 e. The Bertz CT molecular complexity index is 956. The Hall–Kier alpha value is -2.60. The Morgan fingerprint density at radius 1 is 1.31 bits per heavy atom. The topological polar surface area (TPSA) is 63.3 Å². The lowest BCUT2D eigenvalue weighted by molar-refractivity contribution is -0.131. The molecule has 1 atom stereocenters. The normalized spacial score (nSPS) is 15.3. The van der Waals surface area contributed by atoms with Crippen molar-refractivity contribution in [2.75, 3.05) is 6.54 Å². The lowest BCUT2D eigenvalue weighted by Gasteiger charge is -2.27. The maximum atomic E-state index is 12.9. The van der Waals surface area contributed by atoms with Crippen molar-refractivity contribution in [1.82, 2.24) is 19.2 Å². The van der Waals surface area contributed by atoms with Crippen LogP contribution >= 0.6 is 0 Å². The van der Waals surface area contributed by atoms with Gasteiger partial charge < -0.3 is 14.6 Å². The van der Waals surface area contributed by atoms with Gasteiger partial charge in [-0.05, 0) is 24.1 Å². The van der Waals surface area contributed by atoms with E-state index in [1.165, 1.54) is 0 Å². The summed E-state index contributed by atoms with van der Waals surface area (Å²) < 4.78 is 3.98. The van der Waals surface area contributed by atoms with Crippen LogP contribution in [-0.2, 0) is 31.4 Å². The summed E-state index contributed by atoms with van der Waals surface area (Å²) in [5, 5.41) is 15.6. The van der Waals surface area contributed by atoms with Crippen LogP contribution in [0.25, 0.3) is 10.9 Å². The molecular formula is C20H24N4O2. The first kappa shape index (κ1) is 16.8. The number of fused-ring (bicyclic) bond motifs is 2. The third kappa shape index (κ3) is 2.90. The molecule has 0 unspecified atom stereocenters. The smallest absolute Gasteiger partial charge is 0.227 e. The second-order valence-corrected chi connectivity index (χ2v) is 6.98. The minimum atomic E-state index is -0.534. The Balaban J connectivity index is 1.51. The van der Waals surface area contributed by atoms with Crippen molar-refractivity contribution in [1.29, 1.82) is 0 Å². The number of aliphatic hydroxyl groups is 1. The summed E-state index contributed by atoms with van der Waals surface area (Å²) in [4.78, 5) is 14.8.